The van der Waals surface area contributed by atoms with E-state index in [9.17, 15) is 0 Å². The zero-order valence-corrected chi connectivity index (χ0v) is 11.7. The van der Waals surface area contributed by atoms with Crippen LogP contribution in [0.5, 0.6) is 0 Å². The van der Waals surface area contributed by atoms with Crippen molar-refractivity contribution in [1.29, 1.82) is 0 Å². The van der Waals surface area contributed by atoms with E-state index in [2.05, 4.69) is 0 Å². The molecule has 0 amide bonds. The van der Waals surface area contributed by atoms with E-state index in [4.69, 9.17) is 10.5 Å². The molecule has 0 aromatic carbocycles. The molecule has 1 atom stereocenters. The summed E-state index contributed by atoms with van der Waals surface area (Å²) in [5, 5.41) is 0. The van der Waals surface area contributed by atoms with Crippen LogP contribution in [0.2, 0.25) is 0 Å². The second-order valence-corrected chi connectivity index (χ2v) is 7.02. The van der Waals surface area contributed by atoms with Gasteiger partial charge in [0.1, 0.15) is 0 Å². The van der Waals surface area contributed by atoms with Crippen LogP contribution in [0.15, 0.2) is 0 Å². The largest absolute Gasteiger partial charge is 0.375 e. The second kappa shape index (κ2) is 5.50. The molecule has 1 unspecified atom stereocenters. The van der Waals surface area contributed by atoms with Crippen molar-refractivity contribution < 1.29 is 4.74 Å². The van der Waals surface area contributed by atoms with Crippen LogP contribution in [0.3, 0.4) is 0 Å². The summed E-state index contributed by atoms with van der Waals surface area (Å²) in [5.74, 6) is 1.89. The lowest BCUT2D eigenvalue weighted by molar-refractivity contribution is -0.127. The summed E-state index contributed by atoms with van der Waals surface area (Å²) < 4.78 is 6.22. The summed E-state index contributed by atoms with van der Waals surface area (Å²) in [6.07, 6.45) is 14.8. The van der Waals surface area contributed by atoms with Gasteiger partial charge in [-0.05, 0) is 63.2 Å². The van der Waals surface area contributed by atoms with Gasteiger partial charge in [-0.2, -0.15) is 0 Å². The van der Waals surface area contributed by atoms with Gasteiger partial charge >= 0.3 is 0 Å². The molecule has 2 N–H and O–H groups in total. The van der Waals surface area contributed by atoms with Crippen LogP contribution >= 0.6 is 0 Å². The first-order chi connectivity index (χ1) is 8.77. The highest BCUT2D eigenvalue weighted by atomic mass is 16.5. The third-order valence-electron chi connectivity index (χ3n) is 5.78. The van der Waals surface area contributed by atoms with Gasteiger partial charge in [-0.3, -0.25) is 0 Å². The SMILES string of the molecule is NC1CCC(C2CCOC3(CCCCC3)C2)CC1. The number of ether oxygens (including phenoxy) is 1. The summed E-state index contributed by atoms with van der Waals surface area (Å²) in [6, 6.07) is 0.490. The lowest BCUT2D eigenvalue weighted by Gasteiger charge is -2.46. The number of rotatable bonds is 1. The summed E-state index contributed by atoms with van der Waals surface area (Å²) >= 11 is 0. The fraction of sp³-hybridized carbons (Fsp3) is 1.00. The molecule has 1 heterocycles. The zero-order chi connectivity index (χ0) is 12.4. The van der Waals surface area contributed by atoms with Crippen molar-refractivity contribution in [1.82, 2.24) is 0 Å². The predicted octanol–water partition coefficient (Wildman–Crippen LogP) is 3.63. The first-order valence-corrected chi connectivity index (χ1v) is 8.17. The molecular weight excluding hydrogens is 222 g/mol. The van der Waals surface area contributed by atoms with Crippen LogP contribution in [0.1, 0.15) is 70.6 Å². The van der Waals surface area contributed by atoms with Crippen LogP contribution < -0.4 is 5.73 Å². The Morgan fingerprint density at radius 2 is 1.56 bits per heavy atom. The average molecular weight is 251 g/mol. The van der Waals surface area contributed by atoms with Gasteiger partial charge in [0.05, 0.1) is 5.60 Å². The molecule has 0 aromatic rings. The van der Waals surface area contributed by atoms with Crippen molar-refractivity contribution >= 4 is 0 Å². The summed E-state index contributed by atoms with van der Waals surface area (Å²) in [7, 11) is 0. The van der Waals surface area contributed by atoms with Crippen LogP contribution in [0.4, 0.5) is 0 Å². The highest BCUT2D eigenvalue weighted by Crippen LogP contribution is 2.45. The van der Waals surface area contributed by atoms with E-state index in [1.54, 1.807) is 0 Å². The Balaban J connectivity index is 1.59. The van der Waals surface area contributed by atoms with Crippen LogP contribution in [-0.2, 0) is 4.74 Å². The third kappa shape index (κ3) is 2.75. The van der Waals surface area contributed by atoms with Crippen LogP contribution in [0.25, 0.3) is 0 Å². The fourth-order valence-electron chi connectivity index (χ4n) is 4.63. The second-order valence-electron chi connectivity index (χ2n) is 7.02. The first-order valence-electron chi connectivity index (χ1n) is 8.17. The molecule has 3 rings (SSSR count). The maximum absolute atomic E-state index is 6.22. The monoisotopic (exact) mass is 251 g/mol. The van der Waals surface area contributed by atoms with Gasteiger partial charge in [-0.25, -0.2) is 0 Å². The van der Waals surface area contributed by atoms with E-state index in [1.807, 2.05) is 0 Å². The molecule has 1 spiro atoms. The average Bonchev–Trinajstić information content (AvgIpc) is 2.40. The standard InChI is InChI=1S/C16H29NO/c17-15-6-4-13(5-7-15)14-8-11-18-16(12-14)9-2-1-3-10-16/h13-15H,1-12,17H2. The molecule has 1 aliphatic heterocycles. The molecule has 0 bridgehead atoms. The lowest BCUT2D eigenvalue weighted by Crippen LogP contribution is -2.44. The van der Waals surface area contributed by atoms with Gasteiger partial charge < -0.3 is 10.5 Å². The summed E-state index contributed by atoms with van der Waals surface area (Å²) in [5.41, 5.74) is 6.33. The molecule has 18 heavy (non-hydrogen) atoms. The minimum absolute atomic E-state index is 0.292. The Morgan fingerprint density at radius 1 is 0.833 bits per heavy atom. The van der Waals surface area contributed by atoms with Gasteiger partial charge in [0, 0.05) is 12.6 Å². The van der Waals surface area contributed by atoms with E-state index in [-0.39, 0.29) is 0 Å². The van der Waals surface area contributed by atoms with Gasteiger partial charge in [0.2, 0.25) is 0 Å². The minimum Gasteiger partial charge on any atom is -0.375 e. The minimum atomic E-state index is 0.292. The Bertz CT molecular complexity index is 259. The fourth-order valence-corrected chi connectivity index (χ4v) is 4.63. The van der Waals surface area contributed by atoms with Gasteiger partial charge in [0.25, 0.3) is 0 Å². The van der Waals surface area contributed by atoms with Crippen LogP contribution in [-0.4, -0.2) is 18.2 Å². The molecule has 104 valence electrons. The topological polar surface area (TPSA) is 35.2 Å². The van der Waals surface area contributed by atoms with E-state index >= 15 is 0 Å². The first kappa shape index (κ1) is 12.9. The van der Waals surface area contributed by atoms with E-state index in [0.717, 1.165) is 18.4 Å². The van der Waals surface area contributed by atoms with Gasteiger partial charge in [-0.15, -0.1) is 0 Å². The van der Waals surface area contributed by atoms with Crippen molar-refractivity contribution in [3.63, 3.8) is 0 Å². The lowest BCUT2D eigenvalue weighted by atomic mass is 9.69. The molecule has 2 heteroatoms. The molecule has 0 radical (unpaired) electrons. The van der Waals surface area contributed by atoms with Crippen LogP contribution in [0, 0.1) is 11.8 Å². The van der Waals surface area contributed by atoms with Gasteiger partial charge in [0.15, 0.2) is 0 Å². The molecule has 2 saturated carbocycles. The molecule has 3 aliphatic rings. The van der Waals surface area contributed by atoms with E-state index < -0.39 is 0 Å². The maximum Gasteiger partial charge on any atom is 0.0685 e. The highest BCUT2D eigenvalue weighted by Gasteiger charge is 2.41. The van der Waals surface area contributed by atoms with E-state index in [1.165, 1.54) is 70.6 Å². The zero-order valence-electron chi connectivity index (χ0n) is 11.7. The quantitative estimate of drug-likeness (QED) is 0.772. The Hall–Kier alpha value is -0.0800. The van der Waals surface area contributed by atoms with E-state index in [0.29, 0.717) is 11.6 Å². The number of nitrogens with two attached hydrogens (primary N) is 1. The number of hydrogen-bond acceptors (Lipinski definition) is 2. The molecule has 1 saturated heterocycles. The summed E-state index contributed by atoms with van der Waals surface area (Å²) in [4.78, 5) is 0. The third-order valence-corrected chi connectivity index (χ3v) is 5.78. The van der Waals surface area contributed by atoms with Crippen molar-refractivity contribution in [2.24, 2.45) is 17.6 Å². The van der Waals surface area contributed by atoms with Crippen molar-refractivity contribution in [2.75, 3.05) is 6.61 Å². The molecular formula is C16H29NO. The molecule has 0 aromatic heterocycles. The molecule has 2 aliphatic carbocycles. The Morgan fingerprint density at radius 3 is 2.28 bits per heavy atom. The molecule has 2 nitrogen and oxygen atoms in total. The van der Waals surface area contributed by atoms with Gasteiger partial charge in [-0.1, -0.05) is 19.3 Å². The predicted molar refractivity (Wildman–Crippen MR) is 74.4 cm³/mol. The Labute approximate surface area is 112 Å². The summed E-state index contributed by atoms with van der Waals surface area (Å²) in [6.45, 7) is 1.02. The smallest absolute Gasteiger partial charge is 0.0685 e. The van der Waals surface area contributed by atoms with Crippen molar-refractivity contribution in [2.45, 2.75) is 82.3 Å². The van der Waals surface area contributed by atoms with Crippen molar-refractivity contribution in [3.8, 4) is 0 Å². The maximum atomic E-state index is 6.22. The normalized spacial score (nSPS) is 40.8. The Kier molecular flexibility index (Phi) is 3.95. The highest BCUT2D eigenvalue weighted by molar-refractivity contribution is 4.92. The molecule has 3 fully saturated rings. The van der Waals surface area contributed by atoms with Crippen molar-refractivity contribution in [3.05, 3.63) is 0 Å². The number of hydrogen-bond donors (Lipinski definition) is 1.